The molecule has 4 aliphatic heterocycles. The maximum absolute atomic E-state index is 13.5. The van der Waals surface area contributed by atoms with Crippen molar-refractivity contribution in [3.05, 3.63) is 94.2 Å². The summed E-state index contributed by atoms with van der Waals surface area (Å²) in [7, 11) is 1.90. The third kappa shape index (κ3) is 7.09. The Bertz CT molecular complexity index is 2500. The Balaban J connectivity index is 0.855. The van der Waals surface area contributed by atoms with Gasteiger partial charge in [-0.3, -0.25) is 34.3 Å². The fraction of sp³-hybridized carbons (Fsp3) is 0.400. The smallest absolute Gasteiger partial charge is 0.262 e. The first-order chi connectivity index (χ1) is 28.4. The summed E-state index contributed by atoms with van der Waals surface area (Å²) in [4.78, 5) is 66.5. The van der Waals surface area contributed by atoms with Crippen molar-refractivity contribution < 1.29 is 19.2 Å². The van der Waals surface area contributed by atoms with Crippen LogP contribution in [0.1, 0.15) is 88.5 Å². The summed E-state index contributed by atoms with van der Waals surface area (Å²) in [6, 6.07) is 17.6. The first kappa shape index (κ1) is 38.4. The van der Waals surface area contributed by atoms with Gasteiger partial charge in [-0.05, 0) is 104 Å². The maximum atomic E-state index is 13.5. The van der Waals surface area contributed by atoms with Crippen molar-refractivity contribution in [3.8, 4) is 0 Å². The molecule has 2 saturated heterocycles. The molecule has 2 fully saturated rings. The Morgan fingerprint density at radius 1 is 0.864 bits per heavy atom. The van der Waals surface area contributed by atoms with E-state index in [0.29, 0.717) is 28.9 Å². The molecular weight excluding hydrogens is 745 g/mol. The van der Waals surface area contributed by atoms with Crippen molar-refractivity contribution in [3.63, 3.8) is 0 Å². The Labute approximate surface area is 343 Å². The molecule has 4 aliphatic rings. The van der Waals surface area contributed by atoms with Gasteiger partial charge >= 0.3 is 0 Å². The second-order valence-corrected chi connectivity index (χ2v) is 16.9. The highest BCUT2D eigenvalue weighted by molar-refractivity contribution is 6.23. The minimum atomic E-state index is -0.971. The van der Waals surface area contributed by atoms with E-state index < -0.39 is 23.8 Å². The summed E-state index contributed by atoms with van der Waals surface area (Å²) in [5.41, 5.74) is 9.28. The van der Waals surface area contributed by atoms with Gasteiger partial charge in [-0.15, -0.1) is 0 Å². The highest BCUT2D eigenvalue weighted by Gasteiger charge is 2.45. The van der Waals surface area contributed by atoms with Crippen molar-refractivity contribution in [2.45, 2.75) is 71.9 Å². The van der Waals surface area contributed by atoms with Crippen LogP contribution in [0.25, 0.3) is 11.0 Å². The molecule has 14 heteroatoms. The van der Waals surface area contributed by atoms with E-state index in [0.717, 1.165) is 95.4 Å². The number of hydrogen-bond donors (Lipinski definition) is 3. The number of aryl methyl sites for hydroxylation is 3. The van der Waals surface area contributed by atoms with Gasteiger partial charge in [-0.2, -0.15) is 10.1 Å². The molecule has 3 N–H and O–H groups in total. The zero-order valence-corrected chi connectivity index (χ0v) is 34.2. The number of aromatic nitrogens is 4. The van der Waals surface area contributed by atoms with Crippen LogP contribution in [-0.2, 0) is 23.1 Å². The predicted octanol–water partition coefficient (Wildman–Crippen LogP) is 6.34. The van der Waals surface area contributed by atoms with Crippen LogP contribution in [0.4, 0.5) is 28.8 Å². The largest absolute Gasteiger partial charge is 0.371 e. The Kier molecular flexibility index (Phi) is 9.90. The zero-order chi connectivity index (χ0) is 41.1. The first-order valence-electron chi connectivity index (χ1n) is 20.7. The van der Waals surface area contributed by atoms with Crippen molar-refractivity contribution in [2.24, 2.45) is 18.9 Å². The van der Waals surface area contributed by atoms with E-state index in [4.69, 9.17) is 15.1 Å². The molecule has 5 aromatic rings. The highest BCUT2D eigenvalue weighted by Crippen LogP contribution is 2.39. The molecule has 2 aromatic heterocycles. The molecular formula is C45H50N10O4. The van der Waals surface area contributed by atoms with Crippen LogP contribution in [-0.4, -0.2) is 85.4 Å². The van der Waals surface area contributed by atoms with E-state index in [9.17, 15) is 19.2 Å². The third-order valence-electron chi connectivity index (χ3n) is 12.6. The quantitative estimate of drug-likeness (QED) is 0.143. The number of carbonyl (C=O) groups is 4. The predicted molar refractivity (Wildman–Crippen MR) is 226 cm³/mol. The molecule has 14 nitrogen and oxygen atoms in total. The number of hydrogen-bond acceptors (Lipinski definition) is 11. The van der Waals surface area contributed by atoms with E-state index in [1.807, 2.05) is 19.3 Å². The van der Waals surface area contributed by atoms with Gasteiger partial charge in [-0.25, -0.2) is 9.67 Å². The minimum Gasteiger partial charge on any atom is -0.371 e. The lowest BCUT2D eigenvalue weighted by atomic mass is 9.84. The second-order valence-electron chi connectivity index (χ2n) is 16.9. The topological polar surface area (TPSA) is 158 Å². The molecule has 4 amide bonds. The summed E-state index contributed by atoms with van der Waals surface area (Å²) in [6.45, 7) is 12.5. The van der Waals surface area contributed by atoms with Gasteiger partial charge in [0.25, 0.3) is 11.8 Å². The molecule has 9 rings (SSSR count). The lowest BCUT2D eigenvalue weighted by Crippen LogP contribution is -2.54. The normalized spacial score (nSPS) is 20.0. The SMILES string of the molecule is Cc1cccc(C)c1Nc1nn(C)c2nc(Nc3ccc4c(c3)C(C(C)C)N(CC3CCN(c5ccc6c(c5)C(=O)N(C5CCC(=O)NC5=O)C6=O)CC3)CC4)ncc12. The Morgan fingerprint density at radius 3 is 2.37 bits per heavy atom. The molecule has 0 aliphatic carbocycles. The van der Waals surface area contributed by atoms with Crippen LogP contribution in [0, 0.1) is 25.7 Å². The number of fused-ring (bicyclic) bond motifs is 3. The van der Waals surface area contributed by atoms with Gasteiger partial charge in [-0.1, -0.05) is 38.1 Å². The second kappa shape index (κ2) is 15.2. The molecule has 0 saturated carbocycles. The average molecular weight is 795 g/mol. The summed E-state index contributed by atoms with van der Waals surface area (Å²) >= 11 is 0. The molecule has 3 aromatic carbocycles. The first-order valence-corrected chi connectivity index (χ1v) is 20.7. The van der Waals surface area contributed by atoms with Crippen LogP contribution in [0.5, 0.6) is 0 Å². The van der Waals surface area contributed by atoms with Crippen molar-refractivity contribution in [1.82, 2.24) is 34.9 Å². The summed E-state index contributed by atoms with van der Waals surface area (Å²) in [5, 5.41) is 14.9. The van der Waals surface area contributed by atoms with Gasteiger partial charge in [0.1, 0.15) is 6.04 Å². The standard InChI is InChI=1S/C45H50N10O4/c1-25(2)39-33-21-30(47-45-46-23-35-40(51-52(5)41(35)50-45)49-38-26(3)7-6-8-27(38)4)10-9-29(33)17-20-54(39)24-28-15-18-53(19-16-28)31-11-12-32-34(22-31)44(59)55(43(32)58)36-13-14-37(56)48-42(36)57/h6-12,21-23,25,28,36,39H,13-20,24H2,1-5H3,(H,49,51)(H,46,47,50)(H,48,56,57). The van der Waals surface area contributed by atoms with Crippen LogP contribution in [0.2, 0.25) is 0 Å². The average Bonchev–Trinajstić information content (AvgIpc) is 3.66. The minimum absolute atomic E-state index is 0.0961. The zero-order valence-electron chi connectivity index (χ0n) is 34.2. The molecule has 2 unspecified atom stereocenters. The van der Waals surface area contributed by atoms with E-state index >= 15 is 0 Å². The maximum Gasteiger partial charge on any atom is 0.262 e. The molecule has 304 valence electrons. The van der Waals surface area contributed by atoms with Crippen molar-refractivity contribution in [1.29, 1.82) is 0 Å². The van der Waals surface area contributed by atoms with E-state index in [-0.39, 0.29) is 24.8 Å². The van der Waals surface area contributed by atoms with Gasteiger partial charge in [0, 0.05) is 68.9 Å². The highest BCUT2D eigenvalue weighted by atomic mass is 16.2. The lowest BCUT2D eigenvalue weighted by Gasteiger charge is -2.43. The molecule has 2 atom stereocenters. The van der Waals surface area contributed by atoms with E-state index in [1.165, 1.54) is 11.1 Å². The van der Waals surface area contributed by atoms with E-state index in [1.54, 1.807) is 16.8 Å². The summed E-state index contributed by atoms with van der Waals surface area (Å²) in [5.74, 6) is 0.225. The van der Waals surface area contributed by atoms with Crippen LogP contribution < -0.4 is 20.9 Å². The third-order valence-corrected chi connectivity index (χ3v) is 12.6. The molecule has 0 bridgehead atoms. The van der Waals surface area contributed by atoms with Gasteiger partial charge < -0.3 is 15.5 Å². The number of para-hydroxylation sites is 1. The van der Waals surface area contributed by atoms with Gasteiger partial charge in [0.05, 0.1) is 16.5 Å². The number of imide groups is 2. The molecule has 6 heterocycles. The number of amides is 4. The molecule has 0 radical (unpaired) electrons. The Morgan fingerprint density at radius 2 is 1.63 bits per heavy atom. The number of nitrogens with one attached hydrogen (secondary N) is 3. The fourth-order valence-corrected chi connectivity index (χ4v) is 9.57. The number of piperidine rings is 2. The summed E-state index contributed by atoms with van der Waals surface area (Å²) in [6.07, 6.45) is 5.08. The van der Waals surface area contributed by atoms with Gasteiger partial charge in [0.15, 0.2) is 11.5 Å². The van der Waals surface area contributed by atoms with E-state index in [2.05, 4.69) is 89.8 Å². The number of rotatable bonds is 9. The Hall–Kier alpha value is -6.15. The monoisotopic (exact) mass is 794 g/mol. The number of benzene rings is 3. The van der Waals surface area contributed by atoms with Crippen molar-refractivity contribution >= 4 is 63.5 Å². The van der Waals surface area contributed by atoms with Gasteiger partial charge in [0.2, 0.25) is 17.8 Å². The van der Waals surface area contributed by atoms with Crippen LogP contribution in [0.3, 0.4) is 0 Å². The lowest BCUT2D eigenvalue weighted by molar-refractivity contribution is -0.136. The molecule has 0 spiro atoms. The summed E-state index contributed by atoms with van der Waals surface area (Å²) < 4.78 is 1.79. The van der Waals surface area contributed by atoms with Crippen LogP contribution in [0.15, 0.2) is 60.8 Å². The fourth-order valence-electron chi connectivity index (χ4n) is 9.57. The number of nitrogens with zero attached hydrogens (tertiary/aromatic N) is 7. The molecule has 59 heavy (non-hydrogen) atoms. The number of carbonyl (C=O) groups excluding carboxylic acids is 4. The number of anilines is 5. The van der Waals surface area contributed by atoms with Crippen molar-refractivity contribution in [2.75, 3.05) is 41.7 Å². The van der Waals surface area contributed by atoms with Crippen LogP contribution >= 0.6 is 0 Å².